The number of benzene rings is 1. The molecule has 0 aliphatic rings. The highest BCUT2D eigenvalue weighted by Gasteiger charge is 2.24. The van der Waals surface area contributed by atoms with Gasteiger partial charge in [-0.2, -0.15) is 0 Å². The molecule has 27 heavy (non-hydrogen) atoms. The molecular weight excluding hydrogens is 358 g/mol. The lowest BCUT2D eigenvalue weighted by Gasteiger charge is -2.21. The maximum atomic E-state index is 12.5. The number of aromatic nitrogens is 1. The topological polar surface area (TPSA) is 63.1 Å². The lowest BCUT2D eigenvalue weighted by molar-refractivity contribution is -0.123. The summed E-state index contributed by atoms with van der Waals surface area (Å²) in [7, 11) is 0. The fraction of sp³-hybridized carbons (Fsp3) is 0.333. The third kappa shape index (κ3) is 4.77. The molecular formula is C21H25N3O2S. The average Bonchev–Trinajstić information content (AvgIpc) is 3.33. The van der Waals surface area contributed by atoms with Gasteiger partial charge >= 0.3 is 0 Å². The second-order valence-corrected chi connectivity index (χ2v) is 7.83. The van der Waals surface area contributed by atoms with Crippen molar-refractivity contribution >= 4 is 34.1 Å². The van der Waals surface area contributed by atoms with Gasteiger partial charge in [-0.15, -0.1) is 11.3 Å². The van der Waals surface area contributed by atoms with Crippen molar-refractivity contribution in [2.24, 2.45) is 5.92 Å². The molecule has 1 aromatic carbocycles. The number of hydrogen-bond acceptors (Lipinski definition) is 3. The van der Waals surface area contributed by atoms with E-state index < -0.39 is 6.04 Å². The third-order valence-corrected chi connectivity index (χ3v) is 5.40. The molecule has 2 aromatic heterocycles. The molecule has 2 heterocycles. The van der Waals surface area contributed by atoms with Gasteiger partial charge in [0.25, 0.3) is 5.91 Å². The van der Waals surface area contributed by atoms with Crippen molar-refractivity contribution in [3.05, 3.63) is 58.9 Å². The minimum Gasteiger partial charge on any atom is -0.354 e. The Hall–Kier alpha value is -2.60. The first-order valence-electron chi connectivity index (χ1n) is 9.22. The second-order valence-electron chi connectivity index (χ2n) is 6.88. The number of amides is 2. The SMILES string of the molecule is CC(C)C(NC(=O)c1cccs1)C(=O)NCCCn1ccc2ccccc21. The van der Waals surface area contributed by atoms with Crippen LogP contribution in [0, 0.1) is 5.92 Å². The molecule has 142 valence electrons. The molecule has 0 spiro atoms. The van der Waals surface area contributed by atoms with Gasteiger partial charge in [-0.1, -0.05) is 38.1 Å². The predicted octanol–water partition coefficient (Wildman–Crippen LogP) is 3.66. The number of fused-ring (bicyclic) bond motifs is 1. The van der Waals surface area contributed by atoms with E-state index in [4.69, 9.17) is 0 Å². The standard InChI is InChI=1S/C21H25N3O2S/c1-15(2)19(23-20(25)18-9-5-14-27-18)21(26)22-11-6-12-24-13-10-16-7-3-4-8-17(16)24/h3-5,7-10,13-15,19H,6,11-12H2,1-2H3,(H,22,26)(H,23,25). The quantitative estimate of drug-likeness (QED) is 0.583. The molecule has 2 N–H and O–H groups in total. The second kappa shape index (κ2) is 8.86. The lowest BCUT2D eigenvalue weighted by Crippen LogP contribution is -2.49. The minimum atomic E-state index is -0.535. The molecule has 1 atom stereocenters. The molecule has 0 saturated heterocycles. The molecule has 0 aliphatic carbocycles. The number of nitrogens with zero attached hydrogens (tertiary/aromatic N) is 1. The van der Waals surface area contributed by atoms with Crippen LogP contribution in [0.3, 0.4) is 0 Å². The van der Waals surface area contributed by atoms with Crippen LogP contribution in [-0.4, -0.2) is 29.0 Å². The molecule has 2 amide bonds. The van der Waals surface area contributed by atoms with Crippen molar-refractivity contribution < 1.29 is 9.59 Å². The number of hydrogen-bond donors (Lipinski definition) is 2. The van der Waals surface area contributed by atoms with E-state index in [-0.39, 0.29) is 17.7 Å². The zero-order valence-corrected chi connectivity index (χ0v) is 16.5. The molecule has 0 fully saturated rings. The molecule has 0 radical (unpaired) electrons. The number of carbonyl (C=O) groups excluding carboxylic acids is 2. The average molecular weight is 384 g/mol. The van der Waals surface area contributed by atoms with Crippen molar-refractivity contribution in [2.45, 2.75) is 32.9 Å². The number of rotatable bonds is 8. The van der Waals surface area contributed by atoms with Gasteiger partial charge < -0.3 is 15.2 Å². The maximum Gasteiger partial charge on any atom is 0.262 e. The van der Waals surface area contributed by atoms with Crippen molar-refractivity contribution in [1.82, 2.24) is 15.2 Å². The fourth-order valence-corrected chi connectivity index (χ4v) is 3.69. The predicted molar refractivity (Wildman–Crippen MR) is 110 cm³/mol. The van der Waals surface area contributed by atoms with Crippen LogP contribution in [0.2, 0.25) is 0 Å². The van der Waals surface area contributed by atoms with Crippen LogP contribution in [0.5, 0.6) is 0 Å². The lowest BCUT2D eigenvalue weighted by atomic mass is 10.0. The first-order valence-corrected chi connectivity index (χ1v) is 10.1. The molecule has 6 heteroatoms. The van der Waals surface area contributed by atoms with Crippen LogP contribution in [0.1, 0.15) is 29.9 Å². The summed E-state index contributed by atoms with van der Waals surface area (Å²) in [5, 5.41) is 8.88. The molecule has 1 unspecified atom stereocenters. The molecule has 0 saturated carbocycles. The third-order valence-electron chi connectivity index (χ3n) is 4.54. The largest absolute Gasteiger partial charge is 0.354 e. The van der Waals surface area contributed by atoms with Gasteiger partial charge in [-0.05, 0) is 41.3 Å². The van der Waals surface area contributed by atoms with Gasteiger partial charge in [0.1, 0.15) is 6.04 Å². The van der Waals surface area contributed by atoms with Crippen LogP contribution in [-0.2, 0) is 11.3 Å². The Bertz CT molecular complexity index is 899. The summed E-state index contributed by atoms with van der Waals surface area (Å²) in [4.78, 5) is 25.4. The summed E-state index contributed by atoms with van der Waals surface area (Å²) in [6.07, 6.45) is 2.90. The van der Waals surface area contributed by atoms with Crippen LogP contribution < -0.4 is 10.6 Å². The Morgan fingerprint density at radius 2 is 1.93 bits per heavy atom. The first kappa shape index (κ1) is 19.2. The van der Waals surface area contributed by atoms with E-state index in [0.717, 1.165) is 13.0 Å². The van der Waals surface area contributed by atoms with E-state index in [1.165, 1.54) is 22.2 Å². The van der Waals surface area contributed by atoms with Gasteiger partial charge in [-0.25, -0.2) is 0 Å². The molecule has 3 rings (SSSR count). The Morgan fingerprint density at radius 3 is 2.67 bits per heavy atom. The minimum absolute atomic E-state index is 0.0160. The number of carbonyl (C=O) groups is 2. The summed E-state index contributed by atoms with van der Waals surface area (Å²) in [5.41, 5.74) is 1.20. The van der Waals surface area contributed by atoms with Crippen molar-refractivity contribution in [2.75, 3.05) is 6.54 Å². The van der Waals surface area contributed by atoms with E-state index >= 15 is 0 Å². The van der Waals surface area contributed by atoms with Gasteiger partial charge in [0.2, 0.25) is 5.91 Å². The van der Waals surface area contributed by atoms with Crippen LogP contribution >= 0.6 is 11.3 Å². The van der Waals surface area contributed by atoms with E-state index in [1.807, 2.05) is 37.4 Å². The summed E-state index contributed by atoms with van der Waals surface area (Å²) >= 11 is 1.37. The fourth-order valence-electron chi connectivity index (χ4n) is 3.06. The van der Waals surface area contributed by atoms with Gasteiger partial charge in [0.15, 0.2) is 0 Å². The maximum absolute atomic E-state index is 12.5. The van der Waals surface area contributed by atoms with Gasteiger partial charge in [0.05, 0.1) is 4.88 Å². The molecule has 0 bridgehead atoms. The normalized spacial score (nSPS) is 12.3. The van der Waals surface area contributed by atoms with Crippen LogP contribution in [0.15, 0.2) is 54.0 Å². The van der Waals surface area contributed by atoms with Gasteiger partial charge in [-0.3, -0.25) is 9.59 Å². The van der Waals surface area contributed by atoms with E-state index in [0.29, 0.717) is 11.4 Å². The summed E-state index contributed by atoms with van der Waals surface area (Å²) in [6, 6.07) is 13.4. The number of thiophene rings is 1. The zero-order valence-electron chi connectivity index (χ0n) is 15.6. The summed E-state index contributed by atoms with van der Waals surface area (Å²) in [5.74, 6) is -0.313. The van der Waals surface area contributed by atoms with Crippen molar-refractivity contribution in [3.8, 4) is 0 Å². The van der Waals surface area contributed by atoms with E-state index in [1.54, 1.807) is 6.07 Å². The molecule has 0 aliphatic heterocycles. The highest BCUT2D eigenvalue weighted by Crippen LogP contribution is 2.15. The monoisotopic (exact) mass is 383 g/mol. The first-order chi connectivity index (χ1) is 13.1. The van der Waals surface area contributed by atoms with E-state index in [9.17, 15) is 9.59 Å². The van der Waals surface area contributed by atoms with Crippen LogP contribution in [0.4, 0.5) is 0 Å². The Labute approximate surface area is 163 Å². The van der Waals surface area contributed by atoms with Gasteiger partial charge in [0, 0.05) is 24.8 Å². The molecule has 5 nitrogen and oxygen atoms in total. The van der Waals surface area contributed by atoms with Crippen LogP contribution in [0.25, 0.3) is 10.9 Å². The zero-order chi connectivity index (χ0) is 19.2. The summed E-state index contributed by atoms with van der Waals surface area (Å²) < 4.78 is 2.19. The smallest absolute Gasteiger partial charge is 0.262 e. The van der Waals surface area contributed by atoms with Crippen molar-refractivity contribution in [1.29, 1.82) is 0 Å². The van der Waals surface area contributed by atoms with E-state index in [2.05, 4.69) is 39.6 Å². The van der Waals surface area contributed by atoms with Crippen molar-refractivity contribution in [3.63, 3.8) is 0 Å². The highest BCUT2D eigenvalue weighted by atomic mass is 32.1. The number of para-hydroxylation sites is 1. The highest BCUT2D eigenvalue weighted by molar-refractivity contribution is 7.12. The Balaban J connectivity index is 1.50. The summed E-state index contributed by atoms with van der Waals surface area (Å²) in [6.45, 7) is 5.28. The Kier molecular flexibility index (Phi) is 6.29. The number of nitrogens with one attached hydrogen (secondary N) is 2. The molecule has 3 aromatic rings. The number of aryl methyl sites for hydroxylation is 1. The Morgan fingerprint density at radius 1 is 1.11 bits per heavy atom.